The smallest absolute Gasteiger partial charge is 0.251 e. The van der Waals surface area contributed by atoms with E-state index in [-0.39, 0.29) is 17.7 Å². The number of benzene rings is 1. The van der Waals surface area contributed by atoms with Crippen LogP contribution in [0.2, 0.25) is 0 Å². The van der Waals surface area contributed by atoms with Gasteiger partial charge in [0.2, 0.25) is 0 Å². The summed E-state index contributed by atoms with van der Waals surface area (Å²) in [5.74, 6) is 1.79. The molecule has 240 valence electrons. The molecular formula is C33H47N5O6. The van der Waals surface area contributed by atoms with Gasteiger partial charge in [0, 0.05) is 66.5 Å². The summed E-state index contributed by atoms with van der Waals surface area (Å²) in [5.41, 5.74) is 3.83. The van der Waals surface area contributed by atoms with Gasteiger partial charge in [-0.1, -0.05) is 27.7 Å². The molecule has 1 amide bonds. The first-order valence-electron chi connectivity index (χ1n) is 15.4. The van der Waals surface area contributed by atoms with Crippen molar-refractivity contribution in [1.29, 1.82) is 0 Å². The third-order valence-corrected chi connectivity index (χ3v) is 6.46. The summed E-state index contributed by atoms with van der Waals surface area (Å²) in [6, 6.07) is 5.70. The Morgan fingerprint density at radius 3 is 1.36 bits per heavy atom. The van der Waals surface area contributed by atoms with Crippen molar-refractivity contribution < 1.29 is 28.5 Å². The highest BCUT2D eigenvalue weighted by Crippen LogP contribution is 2.28. The van der Waals surface area contributed by atoms with E-state index >= 15 is 0 Å². The maximum absolute atomic E-state index is 13.2. The molecule has 0 saturated heterocycles. The second-order valence-electron chi connectivity index (χ2n) is 10.7. The molecule has 0 aliphatic carbocycles. The van der Waals surface area contributed by atoms with Crippen molar-refractivity contribution in [3.8, 4) is 22.3 Å². The fourth-order valence-electron chi connectivity index (χ4n) is 4.03. The predicted molar refractivity (Wildman–Crippen MR) is 169 cm³/mol. The van der Waals surface area contributed by atoms with Crippen molar-refractivity contribution >= 4 is 5.91 Å². The van der Waals surface area contributed by atoms with E-state index in [1.807, 2.05) is 25.1 Å². The van der Waals surface area contributed by atoms with Crippen LogP contribution in [0.15, 0.2) is 43.0 Å². The Kier molecular flexibility index (Phi) is 15.8. The molecule has 44 heavy (non-hydrogen) atoms. The largest absolute Gasteiger partial charge is 0.379 e. The molecule has 0 fully saturated rings. The average Bonchev–Trinajstić information content (AvgIpc) is 3.04. The molecule has 0 atom stereocenters. The molecule has 2 aromatic heterocycles. The highest BCUT2D eigenvalue weighted by molar-refractivity contribution is 5.97. The second-order valence-corrected chi connectivity index (χ2v) is 10.7. The first-order valence-corrected chi connectivity index (χ1v) is 15.4. The third-order valence-electron chi connectivity index (χ3n) is 6.46. The zero-order valence-electron chi connectivity index (χ0n) is 26.7. The van der Waals surface area contributed by atoms with Crippen molar-refractivity contribution in [2.45, 2.75) is 46.5 Å². The lowest BCUT2D eigenvalue weighted by molar-refractivity contribution is -0.00992. The fourth-order valence-corrected chi connectivity index (χ4v) is 4.03. The maximum atomic E-state index is 13.2. The lowest BCUT2D eigenvalue weighted by Gasteiger charge is -2.12. The molecule has 0 aliphatic rings. The summed E-state index contributed by atoms with van der Waals surface area (Å²) in [5, 5.41) is 2.94. The van der Waals surface area contributed by atoms with Crippen LogP contribution in [0.3, 0.4) is 0 Å². The van der Waals surface area contributed by atoms with E-state index in [9.17, 15) is 4.79 Å². The van der Waals surface area contributed by atoms with Gasteiger partial charge in [0.25, 0.3) is 5.91 Å². The fraction of sp³-hybridized carbons (Fsp3) is 0.545. The van der Waals surface area contributed by atoms with Gasteiger partial charge in [-0.3, -0.25) is 4.79 Å². The molecule has 11 heteroatoms. The number of hydrogen-bond donors (Lipinski definition) is 1. The Morgan fingerprint density at radius 1 is 0.591 bits per heavy atom. The summed E-state index contributed by atoms with van der Waals surface area (Å²) >= 11 is 0. The SMILES string of the molecule is CCOCCOCCOCCOCCOCCNC(=O)c1cc(-c2cnc(C(C)C)nc2)cc(-c2cnc(C(C)C)nc2)c1. The van der Waals surface area contributed by atoms with Crippen LogP contribution >= 0.6 is 0 Å². The van der Waals surface area contributed by atoms with Crippen LogP contribution in [-0.4, -0.2) is 98.5 Å². The number of rotatable bonds is 21. The molecule has 1 aromatic carbocycles. The van der Waals surface area contributed by atoms with Crippen LogP contribution < -0.4 is 5.32 Å². The van der Waals surface area contributed by atoms with E-state index in [4.69, 9.17) is 23.7 Å². The number of carbonyl (C=O) groups is 1. The van der Waals surface area contributed by atoms with E-state index in [0.29, 0.717) is 78.2 Å². The monoisotopic (exact) mass is 609 g/mol. The number of hydrogen-bond acceptors (Lipinski definition) is 10. The molecule has 0 unspecified atom stereocenters. The number of nitrogens with one attached hydrogen (secondary N) is 1. The normalized spacial score (nSPS) is 11.4. The van der Waals surface area contributed by atoms with E-state index in [1.165, 1.54) is 0 Å². The minimum absolute atomic E-state index is 0.202. The van der Waals surface area contributed by atoms with E-state index in [0.717, 1.165) is 33.9 Å². The average molecular weight is 610 g/mol. The Balaban J connectivity index is 1.46. The van der Waals surface area contributed by atoms with Crippen LogP contribution in [0.25, 0.3) is 22.3 Å². The summed E-state index contributed by atoms with van der Waals surface area (Å²) in [6.07, 6.45) is 7.18. The lowest BCUT2D eigenvalue weighted by Crippen LogP contribution is -2.27. The van der Waals surface area contributed by atoms with Gasteiger partial charge in [0.15, 0.2) is 0 Å². The molecule has 3 rings (SSSR count). The quantitative estimate of drug-likeness (QED) is 0.170. The zero-order valence-corrected chi connectivity index (χ0v) is 26.7. The van der Waals surface area contributed by atoms with Crippen molar-refractivity contribution in [2.24, 2.45) is 0 Å². The number of amides is 1. The lowest BCUT2D eigenvalue weighted by atomic mass is 9.98. The highest BCUT2D eigenvalue weighted by atomic mass is 16.6. The Labute approximate surface area is 261 Å². The number of ether oxygens (including phenoxy) is 5. The molecular weight excluding hydrogens is 562 g/mol. The minimum atomic E-state index is -0.202. The molecule has 0 saturated carbocycles. The second kappa shape index (κ2) is 19.8. The predicted octanol–water partition coefficient (Wildman–Crippen LogP) is 4.68. The van der Waals surface area contributed by atoms with Crippen LogP contribution in [0.1, 0.15) is 68.5 Å². The number of aromatic nitrogens is 4. The van der Waals surface area contributed by atoms with Crippen molar-refractivity contribution in [3.05, 3.63) is 60.2 Å². The van der Waals surface area contributed by atoms with Crippen LogP contribution in [0, 0.1) is 0 Å². The summed E-state index contributed by atoms with van der Waals surface area (Å²) in [4.78, 5) is 31.2. The van der Waals surface area contributed by atoms with Crippen molar-refractivity contribution in [3.63, 3.8) is 0 Å². The topological polar surface area (TPSA) is 127 Å². The Morgan fingerprint density at radius 2 is 0.977 bits per heavy atom. The van der Waals surface area contributed by atoms with Gasteiger partial charge in [0.1, 0.15) is 11.6 Å². The van der Waals surface area contributed by atoms with Gasteiger partial charge in [-0.15, -0.1) is 0 Å². The first-order chi connectivity index (χ1) is 21.4. The Bertz CT molecular complexity index is 1170. The van der Waals surface area contributed by atoms with Gasteiger partial charge >= 0.3 is 0 Å². The van der Waals surface area contributed by atoms with E-state index < -0.39 is 0 Å². The molecule has 0 bridgehead atoms. The summed E-state index contributed by atoms with van der Waals surface area (Å²) < 4.78 is 27.2. The van der Waals surface area contributed by atoms with E-state index in [2.05, 4.69) is 52.9 Å². The molecule has 0 spiro atoms. The standard InChI is InChI=1S/C33H47N5O6/c1-6-40-9-10-42-13-14-44-16-15-43-12-11-41-8-7-34-33(39)28-18-26(29-20-35-31(24(2)3)36-21-29)17-27(19-28)30-22-37-32(25(4)5)38-23-30/h17-25H,6-16H2,1-5H3,(H,34,39). The van der Waals surface area contributed by atoms with Crippen LogP contribution in [0.5, 0.6) is 0 Å². The number of nitrogens with zero attached hydrogens (tertiary/aromatic N) is 4. The molecule has 1 N–H and O–H groups in total. The van der Waals surface area contributed by atoms with Crippen LogP contribution in [-0.2, 0) is 23.7 Å². The van der Waals surface area contributed by atoms with Gasteiger partial charge in [0.05, 0.1) is 59.5 Å². The third kappa shape index (κ3) is 12.3. The number of carbonyl (C=O) groups excluding carboxylic acids is 1. The molecule has 2 heterocycles. The zero-order chi connectivity index (χ0) is 31.6. The first kappa shape index (κ1) is 35.1. The van der Waals surface area contributed by atoms with Crippen LogP contribution in [0.4, 0.5) is 0 Å². The molecule has 0 aliphatic heterocycles. The Hall–Kier alpha value is -3.35. The molecule has 0 radical (unpaired) electrons. The summed E-state index contributed by atoms with van der Waals surface area (Å²) in [7, 11) is 0. The molecule has 3 aromatic rings. The van der Waals surface area contributed by atoms with E-state index in [1.54, 1.807) is 24.8 Å². The maximum Gasteiger partial charge on any atom is 0.251 e. The van der Waals surface area contributed by atoms with Crippen molar-refractivity contribution in [1.82, 2.24) is 25.3 Å². The van der Waals surface area contributed by atoms with Gasteiger partial charge in [-0.2, -0.15) is 0 Å². The van der Waals surface area contributed by atoms with Gasteiger partial charge < -0.3 is 29.0 Å². The summed E-state index contributed by atoms with van der Waals surface area (Å²) in [6.45, 7) is 15.7. The molecule has 11 nitrogen and oxygen atoms in total. The highest BCUT2D eigenvalue weighted by Gasteiger charge is 2.13. The van der Waals surface area contributed by atoms with Gasteiger partial charge in [-0.05, 0) is 36.2 Å². The van der Waals surface area contributed by atoms with Crippen molar-refractivity contribution in [2.75, 3.05) is 72.6 Å². The van der Waals surface area contributed by atoms with Gasteiger partial charge in [-0.25, -0.2) is 19.9 Å². The minimum Gasteiger partial charge on any atom is -0.379 e.